The molecule has 0 aromatic rings. The highest BCUT2D eigenvalue weighted by atomic mass is 16.4. The minimum atomic E-state index is -1.02. The minimum Gasteiger partial charge on any atom is -0.480 e. The van der Waals surface area contributed by atoms with Crippen LogP contribution in [0.3, 0.4) is 0 Å². The minimum absolute atomic E-state index is 0.370. The highest BCUT2D eigenvalue weighted by molar-refractivity contribution is 5.94. The second-order valence-electron chi connectivity index (χ2n) is 4.06. The van der Waals surface area contributed by atoms with Gasteiger partial charge in [-0.25, -0.2) is 14.5 Å². The maximum Gasteiger partial charge on any atom is 0.325 e. The Labute approximate surface area is 104 Å². The Morgan fingerprint density at radius 1 is 1.50 bits per heavy atom. The molecule has 0 bridgehead atoms. The van der Waals surface area contributed by atoms with Crippen LogP contribution in [-0.2, 0) is 4.79 Å². The average molecular weight is 258 g/mol. The number of amides is 4. The molecule has 1 aliphatic rings. The molecule has 1 fully saturated rings. The summed E-state index contributed by atoms with van der Waals surface area (Å²) in [6, 6.07) is -1.67. The number of carboxylic acids is 1. The van der Waals surface area contributed by atoms with E-state index in [4.69, 9.17) is 10.8 Å². The molecule has 8 nitrogen and oxygen atoms in total. The predicted octanol–water partition coefficient (Wildman–Crippen LogP) is -0.697. The molecule has 0 spiro atoms. The smallest absolute Gasteiger partial charge is 0.325 e. The normalized spacial score (nSPS) is 16.3. The van der Waals surface area contributed by atoms with E-state index in [-0.39, 0.29) is 6.03 Å². The zero-order valence-electron chi connectivity index (χ0n) is 10.0. The lowest BCUT2D eigenvalue weighted by atomic mass is 10.1. The molecule has 1 atom stereocenters. The van der Waals surface area contributed by atoms with Crippen LogP contribution in [0.25, 0.3) is 0 Å². The van der Waals surface area contributed by atoms with Gasteiger partial charge < -0.3 is 21.5 Å². The summed E-state index contributed by atoms with van der Waals surface area (Å²) >= 11 is 0. The number of hydrogen-bond acceptors (Lipinski definition) is 4. The van der Waals surface area contributed by atoms with Crippen molar-refractivity contribution in [3.63, 3.8) is 0 Å². The molecule has 1 heterocycles. The highest BCUT2D eigenvalue weighted by Gasteiger charge is 2.25. The Morgan fingerprint density at radius 3 is 2.78 bits per heavy atom. The lowest BCUT2D eigenvalue weighted by Crippen LogP contribution is -2.42. The van der Waals surface area contributed by atoms with Crippen LogP contribution in [0.5, 0.6) is 0 Å². The van der Waals surface area contributed by atoms with E-state index in [0.29, 0.717) is 38.9 Å². The van der Waals surface area contributed by atoms with Crippen LogP contribution in [0.1, 0.15) is 19.3 Å². The average Bonchev–Trinajstić information content (AvgIpc) is 2.74. The number of nitrogens with zero attached hydrogens (tertiary/aromatic N) is 1. The van der Waals surface area contributed by atoms with Gasteiger partial charge in [0, 0.05) is 19.6 Å². The van der Waals surface area contributed by atoms with Gasteiger partial charge in [-0.2, -0.15) is 0 Å². The van der Waals surface area contributed by atoms with Crippen molar-refractivity contribution in [1.82, 2.24) is 15.5 Å². The van der Waals surface area contributed by atoms with Crippen molar-refractivity contribution in [1.29, 1.82) is 0 Å². The van der Waals surface area contributed by atoms with E-state index < -0.39 is 18.0 Å². The van der Waals surface area contributed by atoms with Gasteiger partial charge in [-0.3, -0.25) is 4.79 Å². The summed E-state index contributed by atoms with van der Waals surface area (Å²) in [6.07, 6.45) is 1.61. The molecule has 4 amide bonds. The number of hydrogen-bond donors (Lipinski definition) is 4. The lowest BCUT2D eigenvalue weighted by Gasteiger charge is -2.13. The largest absolute Gasteiger partial charge is 0.480 e. The molecule has 0 aromatic carbocycles. The molecular weight excluding hydrogens is 240 g/mol. The zero-order valence-corrected chi connectivity index (χ0v) is 10.0. The van der Waals surface area contributed by atoms with Gasteiger partial charge in [0.1, 0.15) is 6.04 Å². The molecule has 0 unspecified atom stereocenters. The lowest BCUT2D eigenvalue weighted by molar-refractivity contribution is -0.138. The fourth-order valence-corrected chi connectivity index (χ4v) is 1.57. The third-order valence-electron chi connectivity index (χ3n) is 2.64. The van der Waals surface area contributed by atoms with Crippen LogP contribution in [0.2, 0.25) is 0 Å². The van der Waals surface area contributed by atoms with Crippen molar-refractivity contribution < 1.29 is 19.5 Å². The summed E-state index contributed by atoms with van der Waals surface area (Å²) in [5.74, 6) is -1.02. The molecule has 8 heteroatoms. The Morgan fingerprint density at radius 2 is 2.22 bits per heavy atom. The van der Waals surface area contributed by atoms with E-state index in [1.54, 1.807) is 0 Å². The first kappa shape index (κ1) is 14.2. The topological polar surface area (TPSA) is 125 Å². The quantitative estimate of drug-likeness (QED) is 0.469. The number of imide groups is 1. The van der Waals surface area contributed by atoms with Crippen LogP contribution in [0.15, 0.2) is 0 Å². The van der Waals surface area contributed by atoms with E-state index in [2.05, 4.69) is 10.6 Å². The first-order chi connectivity index (χ1) is 8.52. The Bertz CT molecular complexity index is 334. The number of carbonyl (C=O) groups is 3. The van der Waals surface area contributed by atoms with Gasteiger partial charge in [-0.15, -0.1) is 0 Å². The van der Waals surface area contributed by atoms with E-state index >= 15 is 0 Å². The summed E-state index contributed by atoms with van der Waals surface area (Å²) in [5.41, 5.74) is 5.33. The van der Waals surface area contributed by atoms with Crippen LogP contribution in [0.4, 0.5) is 9.59 Å². The van der Waals surface area contributed by atoms with E-state index in [0.717, 1.165) is 4.90 Å². The number of unbranched alkanes of at least 4 members (excludes halogenated alkanes) is 1. The van der Waals surface area contributed by atoms with Gasteiger partial charge in [0.2, 0.25) is 0 Å². The second kappa shape index (κ2) is 6.80. The predicted molar refractivity (Wildman–Crippen MR) is 63.0 cm³/mol. The summed E-state index contributed by atoms with van der Waals surface area (Å²) in [5, 5.41) is 13.7. The Kier molecular flexibility index (Phi) is 5.37. The number of rotatable bonds is 6. The van der Waals surface area contributed by atoms with E-state index in [1.807, 2.05) is 0 Å². The molecule has 5 N–H and O–H groups in total. The van der Waals surface area contributed by atoms with Crippen molar-refractivity contribution in [2.45, 2.75) is 25.3 Å². The Balaban J connectivity index is 2.09. The van der Waals surface area contributed by atoms with E-state index in [9.17, 15) is 14.4 Å². The maximum absolute atomic E-state index is 11.5. The number of carbonyl (C=O) groups excluding carboxylic acids is 2. The summed E-state index contributed by atoms with van der Waals surface area (Å²) in [4.78, 5) is 34.2. The number of nitrogens with one attached hydrogen (secondary N) is 2. The first-order valence-electron chi connectivity index (χ1n) is 5.84. The summed E-state index contributed by atoms with van der Waals surface area (Å²) in [6.45, 7) is 1.24. The molecule has 18 heavy (non-hydrogen) atoms. The monoisotopic (exact) mass is 258 g/mol. The highest BCUT2D eigenvalue weighted by Crippen LogP contribution is 2.00. The van der Waals surface area contributed by atoms with Crippen molar-refractivity contribution in [2.75, 3.05) is 19.6 Å². The zero-order chi connectivity index (χ0) is 13.5. The SMILES string of the molecule is N[C@@H](CCCCNC(=O)N1CCNC1=O)C(=O)O. The van der Waals surface area contributed by atoms with Crippen molar-refractivity contribution >= 4 is 18.0 Å². The maximum atomic E-state index is 11.5. The standard InChI is InChI=1S/C10H18N4O4/c11-7(8(15)16)3-1-2-4-12-9(17)14-6-5-13-10(14)18/h7H,1-6,11H2,(H,12,17)(H,13,18)(H,15,16)/t7-/m0/s1. The number of nitrogens with two attached hydrogens (primary N) is 1. The van der Waals surface area contributed by atoms with Gasteiger partial charge in [0.15, 0.2) is 0 Å². The van der Waals surface area contributed by atoms with E-state index in [1.165, 1.54) is 0 Å². The van der Waals surface area contributed by atoms with Crippen LogP contribution in [-0.4, -0.2) is 53.7 Å². The summed E-state index contributed by atoms with van der Waals surface area (Å²) in [7, 11) is 0. The van der Waals surface area contributed by atoms with Crippen molar-refractivity contribution in [2.24, 2.45) is 5.73 Å². The molecule has 1 saturated heterocycles. The van der Waals surface area contributed by atoms with Crippen molar-refractivity contribution in [3.05, 3.63) is 0 Å². The van der Waals surface area contributed by atoms with Gasteiger partial charge in [0.25, 0.3) is 0 Å². The first-order valence-corrected chi connectivity index (χ1v) is 5.84. The number of carboxylic acid groups (broad SMARTS) is 1. The fourth-order valence-electron chi connectivity index (χ4n) is 1.57. The van der Waals surface area contributed by atoms with Gasteiger partial charge in [-0.1, -0.05) is 0 Å². The van der Waals surface area contributed by atoms with Crippen molar-refractivity contribution in [3.8, 4) is 0 Å². The molecule has 1 aliphatic heterocycles. The summed E-state index contributed by atoms with van der Waals surface area (Å²) < 4.78 is 0. The molecule has 0 saturated carbocycles. The van der Waals surface area contributed by atoms with Gasteiger partial charge in [0.05, 0.1) is 0 Å². The third kappa shape index (κ3) is 4.21. The molecule has 0 radical (unpaired) electrons. The third-order valence-corrected chi connectivity index (χ3v) is 2.64. The van der Waals surface area contributed by atoms with Crippen LogP contribution >= 0.6 is 0 Å². The van der Waals surface area contributed by atoms with Crippen LogP contribution < -0.4 is 16.4 Å². The number of urea groups is 2. The second-order valence-corrected chi connectivity index (χ2v) is 4.06. The number of aliphatic carboxylic acids is 1. The molecule has 102 valence electrons. The fraction of sp³-hybridized carbons (Fsp3) is 0.700. The molecule has 0 aliphatic carbocycles. The van der Waals surface area contributed by atoms with Crippen LogP contribution in [0, 0.1) is 0 Å². The molecule has 1 rings (SSSR count). The molecular formula is C10H18N4O4. The Hall–Kier alpha value is -1.83. The van der Waals surface area contributed by atoms with Gasteiger partial charge >= 0.3 is 18.0 Å². The van der Waals surface area contributed by atoms with Gasteiger partial charge in [-0.05, 0) is 19.3 Å². The molecule has 0 aromatic heterocycles.